The number of carbonyl (C=O) groups excluding carboxylic acids is 2. The van der Waals surface area contributed by atoms with Crippen molar-refractivity contribution in [2.45, 2.75) is 0 Å². The summed E-state index contributed by atoms with van der Waals surface area (Å²) in [6.45, 7) is 0. The summed E-state index contributed by atoms with van der Waals surface area (Å²) in [4.78, 5) is 27.1. The molecule has 0 spiro atoms. The Morgan fingerprint density at radius 2 is 1.86 bits per heavy atom. The zero-order chi connectivity index (χ0) is 15.4. The van der Waals surface area contributed by atoms with E-state index in [0.29, 0.717) is 0 Å². The number of hydrogen-bond acceptors (Lipinski definition) is 4. The molecule has 0 fully saturated rings. The van der Waals surface area contributed by atoms with Crippen LogP contribution in [0.5, 0.6) is 0 Å². The molecule has 0 aliphatic heterocycles. The maximum absolute atomic E-state index is 13.1. The highest BCUT2D eigenvalue weighted by molar-refractivity contribution is 6.04. The molecule has 2 rings (SSSR count). The summed E-state index contributed by atoms with van der Waals surface area (Å²) in [7, 11) is 1.22. The number of methoxy groups -OCH3 is 1. The Morgan fingerprint density at radius 3 is 2.52 bits per heavy atom. The van der Waals surface area contributed by atoms with E-state index in [1.54, 1.807) is 0 Å². The van der Waals surface area contributed by atoms with E-state index < -0.39 is 23.5 Å². The molecule has 1 N–H and O–H groups in total. The molecule has 1 amide bonds. The second-order valence-electron chi connectivity index (χ2n) is 4.00. The summed E-state index contributed by atoms with van der Waals surface area (Å²) >= 11 is 0. The van der Waals surface area contributed by atoms with E-state index in [9.17, 15) is 18.4 Å². The van der Waals surface area contributed by atoms with Gasteiger partial charge in [0.1, 0.15) is 5.82 Å². The number of nitrogens with zero attached hydrogens (tertiary/aromatic N) is 1. The maximum atomic E-state index is 13.1. The number of pyridine rings is 1. The molecule has 0 aliphatic carbocycles. The minimum absolute atomic E-state index is 0.0702. The van der Waals surface area contributed by atoms with Crippen LogP contribution in [0.4, 0.5) is 14.6 Å². The molecule has 1 aromatic carbocycles. The Labute approximate surface area is 118 Å². The lowest BCUT2D eigenvalue weighted by Gasteiger charge is -2.06. The van der Waals surface area contributed by atoms with Gasteiger partial charge >= 0.3 is 5.97 Å². The van der Waals surface area contributed by atoms with E-state index in [1.165, 1.54) is 25.4 Å². The summed E-state index contributed by atoms with van der Waals surface area (Å²) in [6.07, 6.45) is 1.31. The Morgan fingerprint density at radius 1 is 1.10 bits per heavy atom. The van der Waals surface area contributed by atoms with Crippen molar-refractivity contribution in [2.75, 3.05) is 12.4 Å². The average Bonchev–Trinajstić information content (AvgIpc) is 2.49. The van der Waals surface area contributed by atoms with Crippen LogP contribution >= 0.6 is 0 Å². The number of esters is 1. The molecule has 0 unspecified atom stereocenters. The maximum Gasteiger partial charge on any atom is 0.338 e. The van der Waals surface area contributed by atoms with Gasteiger partial charge in [0, 0.05) is 11.8 Å². The molecule has 0 atom stereocenters. The van der Waals surface area contributed by atoms with Gasteiger partial charge in [-0.3, -0.25) is 4.79 Å². The van der Waals surface area contributed by atoms with E-state index in [1.807, 2.05) is 0 Å². The van der Waals surface area contributed by atoms with Gasteiger partial charge < -0.3 is 10.1 Å². The molecule has 0 radical (unpaired) electrons. The van der Waals surface area contributed by atoms with Gasteiger partial charge in [-0.05, 0) is 30.3 Å². The normalized spacial score (nSPS) is 10.0. The van der Waals surface area contributed by atoms with Gasteiger partial charge in [0.25, 0.3) is 5.91 Å². The summed E-state index contributed by atoms with van der Waals surface area (Å²) in [5, 5.41) is 2.38. The van der Waals surface area contributed by atoms with Crippen molar-refractivity contribution >= 4 is 17.7 Å². The van der Waals surface area contributed by atoms with Crippen LogP contribution in [0.15, 0.2) is 36.5 Å². The van der Waals surface area contributed by atoms with Crippen LogP contribution in [0.25, 0.3) is 0 Å². The lowest BCUT2D eigenvalue weighted by molar-refractivity contribution is 0.0600. The molecule has 5 nitrogen and oxygen atoms in total. The summed E-state index contributed by atoms with van der Waals surface area (Å²) in [6, 6.07) is 5.48. The Balaban J connectivity index is 2.19. The van der Waals surface area contributed by atoms with Crippen LogP contribution in [0.1, 0.15) is 20.7 Å². The molecule has 7 heteroatoms. The molecule has 2 aromatic rings. The minimum atomic E-state index is -1.13. The average molecular weight is 292 g/mol. The zero-order valence-electron chi connectivity index (χ0n) is 10.9. The first-order chi connectivity index (χ1) is 10.0. The number of amides is 1. The molecular formula is C14H10F2N2O3. The smallest absolute Gasteiger partial charge is 0.338 e. The van der Waals surface area contributed by atoms with Crippen LogP contribution in [0.3, 0.4) is 0 Å². The summed E-state index contributed by atoms with van der Waals surface area (Å²) in [5.41, 5.74) is 0.132. The number of nitrogens with one attached hydrogen (secondary N) is 1. The molecule has 1 heterocycles. The van der Waals surface area contributed by atoms with Gasteiger partial charge in [0.05, 0.1) is 12.7 Å². The highest BCUT2D eigenvalue weighted by Crippen LogP contribution is 2.12. The van der Waals surface area contributed by atoms with Crippen LogP contribution in [0, 0.1) is 11.6 Å². The molecule has 1 aromatic heterocycles. The number of benzene rings is 1. The minimum Gasteiger partial charge on any atom is -0.465 e. The van der Waals surface area contributed by atoms with E-state index in [2.05, 4.69) is 15.0 Å². The Hall–Kier alpha value is -2.83. The lowest BCUT2D eigenvalue weighted by atomic mass is 10.2. The second kappa shape index (κ2) is 6.08. The van der Waals surface area contributed by atoms with Crippen molar-refractivity contribution < 1.29 is 23.1 Å². The van der Waals surface area contributed by atoms with Gasteiger partial charge in [-0.15, -0.1) is 0 Å². The highest BCUT2D eigenvalue weighted by atomic mass is 19.2. The van der Waals surface area contributed by atoms with E-state index in [4.69, 9.17) is 0 Å². The van der Waals surface area contributed by atoms with Gasteiger partial charge in [0.15, 0.2) is 11.6 Å². The molecule has 0 saturated carbocycles. The number of halogens is 2. The van der Waals surface area contributed by atoms with E-state index in [0.717, 1.165) is 18.2 Å². The van der Waals surface area contributed by atoms with E-state index >= 15 is 0 Å². The summed E-state index contributed by atoms with van der Waals surface area (Å²) in [5.74, 6) is -3.34. The molecular weight excluding hydrogens is 282 g/mol. The fourth-order valence-electron chi connectivity index (χ4n) is 1.57. The number of carbonyl (C=O) groups is 2. The Kier molecular flexibility index (Phi) is 4.22. The monoisotopic (exact) mass is 292 g/mol. The lowest BCUT2D eigenvalue weighted by Crippen LogP contribution is -2.14. The molecule has 21 heavy (non-hydrogen) atoms. The number of aromatic nitrogens is 1. The molecule has 0 bridgehead atoms. The van der Waals surface area contributed by atoms with Crippen LogP contribution < -0.4 is 5.32 Å². The standard InChI is InChI=1S/C14H10F2N2O3/c1-21-14(20)9-4-5-17-12(7-9)18-13(19)8-2-3-10(15)11(16)6-8/h2-7H,1H3,(H,17,18,19). The number of hydrogen-bond donors (Lipinski definition) is 1. The van der Waals surface area contributed by atoms with Crippen LogP contribution in [-0.2, 0) is 4.74 Å². The van der Waals surface area contributed by atoms with Gasteiger partial charge in [-0.25, -0.2) is 18.6 Å². The fourth-order valence-corrected chi connectivity index (χ4v) is 1.57. The third-order valence-electron chi connectivity index (χ3n) is 2.60. The van der Waals surface area contributed by atoms with Gasteiger partial charge in [-0.1, -0.05) is 0 Å². The van der Waals surface area contributed by atoms with Crippen molar-refractivity contribution in [3.8, 4) is 0 Å². The number of anilines is 1. The van der Waals surface area contributed by atoms with Crippen molar-refractivity contribution in [2.24, 2.45) is 0 Å². The summed E-state index contributed by atoms with van der Waals surface area (Å²) < 4.78 is 30.4. The zero-order valence-corrected chi connectivity index (χ0v) is 10.9. The van der Waals surface area contributed by atoms with Crippen LogP contribution in [-0.4, -0.2) is 24.0 Å². The quantitative estimate of drug-likeness (QED) is 0.882. The second-order valence-corrected chi connectivity index (χ2v) is 4.00. The largest absolute Gasteiger partial charge is 0.465 e. The van der Waals surface area contributed by atoms with Gasteiger partial charge in [0.2, 0.25) is 0 Å². The first-order valence-corrected chi connectivity index (χ1v) is 5.82. The Bertz CT molecular complexity index is 704. The molecule has 108 valence electrons. The van der Waals surface area contributed by atoms with E-state index in [-0.39, 0.29) is 16.9 Å². The van der Waals surface area contributed by atoms with Crippen molar-refractivity contribution in [1.29, 1.82) is 0 Å². The topological polar surface area (TPSA) is 68.3 Å². The van der Waals surface area contributed by atoms with Crippen molar-refractivity contribution in [1.82, 2.24) is 4.98 Å². The van der Waals surface area contributed by atoms with Crippen molar-refractivity contribution in [3.05, 3.63) is 59.3 Å². The number of ether oxygens (including phenoxy) is 1. The third-order valence-corrected chi connectivity index (χ3v) is 2.60. The predicted molar refractivity (Wildman–Crippen MR) is 69.9 cm³/mol. The first-order valence-electron chi connectivity index (χ1n) is 5.82. The van der Waals surface area contributed by atoms with Crippen molar-refractivity contribution in [3.63, 3.8) is 0 Å². The highest BCUT2D eigenvalue weighted by Gasteiger charge is 2.12. The van der Waals surface area contributed by atoms with Crippen LogP contribution in [0.2, 0.25) is 0 Å². The van der Waals surface area contributed by atoms with Gasteiger partial charge in [-0.2, -0.15) is 0 Å². The molecule has 0 saturated heterocycles. The predicted octanol–water partition coefficient (Wildman–Crippen LogP) is 2.40. The first kappa shape index (κ1) is 14.6. The SMILES string of the molecule is COC(=O)c1ccnc(NC(=O)c2ccc(F)c(F)c2)c1. The third kappa shape index (κ3) is 3.38. The fraction of sp³-hybridized carbons (Fsp3) is 0.0714. The molecule has 0 aliphatic rings. The number of rotatable bonds is 3.